The fraction of sp³-hybridized carbons (Fsp3) is 0. The van der Waals surface area contributed by atoms with Gasteiger partial charge < -0.3 is 9.32 Å². The molecule has 0 radical (unpaired) electrons. The molecule has 0 bridgehead atoms. The third-order valence-corrected chi connectivity index (χ3v) is 10.5. The van der Waals surface area contributed by atoms with Gasteiger partial charge in [-0.25, -0.2) is 4.98 Å². The molecule has 0 saturated carbocycles. The van der Waals surface area contributed by atoms with Crippen LogP contribution in [0.5, 0.6) is 0 Å². The molecule has 0 fully saturated rings. The second-order valence-corrected chi connectivity index (χ2v) is 13.3. The van der Waals surface area contributed by atoms with E-state index < -0.39 is 0 Å². The Bertz CT molecular complexity index is 3330. The maximum atomic E-state index is 6.65. The number of imidazole rings is 2. The summed E-state index contributed by atoms with van der Waals surface area (Å²) in [6, 6.07) is 56.4. The Morgan fingerprint density at radius 3 is 1.96 bits per heavy atom. The zero-order valence-corrected chi connectivity index (χ0v) is 26.7. The Balaban J connectivity index is 1.26. The molecule has 4 aromatic heterocycles. The molecule has 0 atom stereocenters. The van der Waals surface area contributed by atoms with E-state index in [9.17, 15) is 0 Å². The Kier molecular flexibility index (Phi) is 4.91. The first kappa shape index (κ1) is 26.1. The fourth-order valence-corrected chi connectivity index (χ4v) is 8.35. The molecule has 0 amide bonds. The molecular formula is C45H26N4O. The number of rotatable bonds is 3. The molecule has 4 heterocycles. The third-order valence-electron chi connectivity index (χ3n) is 10.5. The van der Waals surface area contributed by atoms with E-state index in [-0.39, 0.29) is 0 Å². The van der Waals surface area contributed by atoms with Crippen LogP contribution in [0.3, 0.4) is 0 Å². The summed E-state index contributed by atoms with van der Waals surface area (Å²) in [6.07, 6.45) is 0. The van der Waals surface area contributed by atoms with Crippen LogP contribution in [0.2, 0.25) is 0 Å². The minimum atomic E-state index is 0.864. The summed E-state index contributed by atoms with van der Waals surface area (Å²) >= 11 is 0. The number of fused-ring (bicyclic) bond motifs is 13. The predicted octanol–water partition coefficient (Wildman–Crippen LogP) is 12.2. The van der Waals surface area contributed by atoms with E-state index in [4.69, 9.17) is 9.40 Å². The number of benzene rings is 8. The normalized spacial score (nSPS) is 12.4. The lowest BCUT2D eigenvalue weighted by Gasteiger charge is -2.25. The van der Waals surface area contributed by atoms with Crippen molar-refractivity contribution in [1.29, 1.82) is 0 Å². The summed E-state index contributed by atoms with van der Waals surface area (Å²) in [7, 11) is 0. The highest BCUT2D eigenvalue weighted by molar-refractivity contribution is 6.20. The lowest BCUT2D eigenvalue weighted by atomic mass is 10.0. The van der Waals surface area contributed by atoms with Gasteiger partial charge in [-0.2, -0.15) is 0 Å². The summed E-state index contributed by atoms with van der Waals surface area (Å²) in [5.74, 6) is 0.920. The van der Waals surface area contributed by atoms with Crippen molar-refractivity contribution in [3.05, 3.63) is 158 Å². The van der Waals surface area contributed by atoms with Gasteiger partial charge in [0.2, 0.25) is 5.78 Å². The number of para-hydroxylation sites is 3. The average molecular weight is 639 g/mol. The highest BCUT2D eigenvalue weighted by Crippen LogP contribution is 2.46. The standard InChI is InChI=1S/C45H26N4O/c1-2-15-31(16-3-1)47(38-19-10-18-34-33-17-8-9-20-42(33)50-44(34)38)32-25-36-35-21-27-11-4-6-13-29(27)23-39(35)49-43(36)41(26-32)48-40-24-30-14-7-5-12-28(30)22-37(40)46-45(48)49/h1-26H. The number of nitrogens with zero attached hydrogens (tertiary/aromatic N) is 4. The Morgan fingerprint density at radius 1 is 0.460 bits per heavy atom. The van der Waals surface area contributed by atoms with Gasteiger partial charge in [0.05, 0.1) is 33.3 Å². The molecule has 0 aliphatic rings. The van der Waals surface area contributed by atoms with E-state index >= 15 is 0 Å². The van der Waals surface area contributed by atoms with Crippen LogP contribution in [0.15, 0.2) is 162 Å². The summed E-state index contributed by atoms with van der Waals surface area (Å²) in [6.45, 7) is 0. The molecule has 0 spiro atoms. The van der Waals surface area contributed by atoms with Crippen LogP contribution in [-0.2, 0) is 0 Å². The lowest BCUT2D eigenvalue weighted by Crippen LogP contribution is -2.10. The fourth-order valence-electron chi connectivity index (χ4n) is 8.35. The van der Waals surface area contributed by atoms with E-state index in [1.165, 1.54) is 37.8 Å². The molecule has 0 aliphatic carbocycles. The van der Waals surface area contributed by atoms with E-state index in [2.05, 4.69) is 159 Å². The van der Waals surface area contributed by atoms with Crippen LogP contribution in [0, 0.1) is 0 Å². The molecule has 0 saturated heterocycles. The number of anilines is 3. The summed E-state index contributed by atoms with van der Waals surface area (Å²) < 4.78 is 11.4. The van der Waals surface area contributed by atoms with Crippen molar-refractivity contribution in [2.45, 2.75) is 0 Å². The molecule has 232 valence electrons. The van der Waals surface area contributed by atoms with Crippen molar-refractivity contribution in [3.63, 3.8) is 0 Å². The maximum Gasteiger partial charge on any atom is 0.220 e. The van der Waals surface area contributed by atoms with Gasteiger partial charge in [0.1, 0.15) is 5.58 Å². The first-order valence-corrected chi connectivity index (χ1v) is 17.0. The van der Waals surface area contributed by atoms with Crippen LogP contribution in [0.1, 0.15) is 0 Å². The maximum absolute atomic E-state index is 6.65. The second-order valence-electron chi connectivity index (χ2n) is 13.3. The third kappa shape index (κ3) is 3.38. The lowest BCUT2D eigenvalue weighted by molar-refractivity contribution is 0.669. The monoisotopic (exact) mass is 638 g/mol. The van der Waals surface area contributed by atoms with Crippen molar-refractivity contribution in [3.8, 4) is 0 Å². The topological polar surface area (TPSA) is 38.1 Å². The van der Waals surface area contributed by atoms with Crippen molar-refractivity contribution in [1.82, 2.24) is 13.8 Å². The Labute approximate surface area is 284 Å². The zero-order chi connectivity index (χ0) is 32.5. The van der Waals surface area contributed by atoms with E-state index in [0.717, 1.165) is 66.8 Å². The Morgan fingerprint density at radius 2 is 1.14 bits per heavy atom. The molecule has 0 aliphatic heterocycles. The SMILES string of the molecule is c1ccc(N(c2cc3c4cc5ccccc5cc4n4c3c(c2)n2c3cc5ccccc5cc3nc24)c2cccc3c2oc2ccccc23)cc1. The molecule has 8 aromatic carbocycles. The van der Waals surface area contributed by atoms with Crippen LogP contribution in [0.4, 0.5) is 17.1 Å². The highest BCUT2D eigenvalue weighted by atomic mass is 16.3. The minimum absolute atomic E-state index is 0.864. The highest BCUT2D eigenvalue weighted by Gasteiger charge is 2.26. The summed E-state index contributed by atoms with van der Waals surface area (Å²) in [5, 5.41) is 9.43. The van der Waals surface area contributed by atoms with Crippen molar-refractivity contribution < 1.29 is 4.42 Å². The smallest absolute Gasteiger partial charge is 0.220 e. The molecule has 12 rings (SSSR count). The van der Waals surface area contributed by atoms with Gasteiger partial charge in [0.25, 0.3) is 0 Å². The second kappa shape index (κ2) is 9.40. The summed E-state index contributed by atoms with van der Waals surface area (Å²) in [4.78, 5) is 7.68. The van der Waals surface area contributed by atoms with Gasteiger partial charge >= 0.3 is 0 Å². The van der Waals surface area contributed by atoms with Gasteiger partial charge in [0.15, 0.2) is 5.58 Å². The van der Waals surface area contributed by atoms with Crippen molar-refractivity contribution in [2.24, 2.45) is 0 Å². The number of aromatic nitrogens is 3. The largest absolute Gasteiger partial charge is 0.454 e. The van der Waals surface area contributed by atoms with Crippen LogP contribution in [-0.4, -0.2) is 13.8 Å². The summed E-state index contributed by atoms with van der Waals surface area (Å²) in [5.41, 5.74) is 10.4. The Hall–Kier alpha value is -6.85. The molecule has 0 N–H and O–H groups in total. The molecule has 5 heteroatoms. The molecule has 5 nitrogen and oxygen atoms in total. The van der Waals surface area contributed by atoms with Crippen molar-refractivity contribution >= 4 is 105 Å². The van der Waals surface area contributed by atoms with Crippen LogP contribution in [0.25, 0.3) is 87.6 Å². The number of furan rings is 1. The van der Waals surface area contributed by atoms with Crippen LogP contribution >= 0.6 is 0 Å². The first-order chi connectivity index (χ1) is 24.8. The van der Waals surface area contributed by atoms with Gasteiger partial charge in [-0.15, -0.1) is 0 Å². The van der Waals surface area contributed by atoms with E-state index in [1.54, 1.807) is 0 Å². The van der Waals surface area contributed by atoms with E-state index in [0.29, 0.717) is 0 Å². The molecule has 12 aromatic rings. The molecule has 50 heavy (non-hydrogen) atoms. The zero-order valence-electron chi connectivity index (χ0n) is 26.7. The van der Waals surface area contributed by atoms with Crippen LogP contribution < -0.4 is 4.90 Å². The number of hydrogen-bond donors (Lipinski definition) is 0. The molecule has 0 unspecified atom stereocenters. The van der Waals surface area contributed by atoms with Crippen molar-refractivity contribution in [2.75, 3.05) is 4.90 Å². The minimum Gasteiger partial charge on any atom is -0.454 e. The van der Waals surface area contributed by atoms with Gasteiger partial charge in [-0.3, -0.25) is 8.80 Å². The predicted molar refractivity (Wildman–Crippen MR) is 207 cm³/mol. The van der Waals surface area contributed by atoms with E-state index in [1.807, 2.05) is 12.1 Å². The number of hydrogen-bond acceptors (Lipinski definition) is 3. The quantitative estimate of drug-likeness (QED) is 0.193. The van der Waals surface area contributed by atoms with Gasteiger partial charge in [0, 0.05) is 32.9 Å². The average Bonchev–Trinajstić information content (AvgIpc) is 3.90. The van der Waals surface area contributed by atoms with Gasteiger partial charge in [-0.05, 0) is 82.2 Å². The first-order valence-electron chi connectivity index (χ1n) is 17.0. The van der Waals surface area contributed by atoms with Gasteiger partial charge in [-0.1, -0.05) is 97.1 Å². The molecular weight excluding hydrogens is 613 g/mol.